The maximum absolute atomic E-state index is 11.6. The van der Waals surface area contributed by atoms with Crippen LogP contribution in [0.4, 0.5) is 4.79 Å². The van der Waals surface area contributed by atoms with Crippen molar-refractivity contribution < 1.29 is 4.79 Å². The zero-order chi connectivity index (χ0) is 11.8. The molecular formula is C12H19N3O. The molecule has 0 bridgehead atoms. The summed E-state index contributed by atoms with van der Waals surface area (Å²) in [5.74, 6) is 0. The van der Waals surface area contributed by atoms with Crippen molar-refractivity contribution in [1.82, 2.24) is 15.5 Å². The molecule has 0 fully saturated rings. The number of carbonyl (C=O) groups excluding carboxylic acids is 1. The van der Waals surface area contributed by atoms with Gasteiger partial charge in [-0.1, -0.05) is 30.3 Å². The van der Waals surface area contributed by atoms with Crippen molar-refractivity contribution >= 4 is 6.03 Å². The summed E-state index contributed by atoms with van der Waals surface area (Å²) in [6, 6.07) is 9.84. The van der Waals surface area contributed by atoms with Crippen LogP contribution in [-0.4, -0.2) is 38.1 Å². The van der Waals surface area contributed by atoms with E-state index in [1.165, 1.54) is 0 Å². The van der Waals surface area contributed by atoms with E-state index < -0.39 is 0 Å². The normalized spacial score (nSPS) is 9.88. The lowest BCUT2D eigenvalue weighted by Gasteiger charge is -2.17. The second-order valence-corrected chi connectivity index (χ2v) is 3.67. The van der Waals surface area contributed by atoms with E-state index in [4.69, 9.17) is 0 Å². The number of hydrogen-bond acceptors (Lipinski definition) is 2. The fraction of sp³-hybridized carbons (Fsp3) is 0.417. The Morgan fingerprint density at radius 3 is 2.62 bits per heavy atom. The van der Waals surface area contributed by atoms with Crippen LogP contribution in [0.1, 0.15) is 5.56 Å². The summed E-state index contributed by atoms with van der Waals surface area (Å²) in [4.78, 5) is 13.3. The summed E-state index contributed by atoms with van der Waals surface area (Å²) in [6.07, 6.45) is 0. The fourth-order valence-electron chi connectivity index (χ4n) is 1.29. The zero-order valence-corrected chi connectivity index (χ0v) is 9.86. The molecule has 0 aromatic heterocycles. The van der Waals surface area contributed by atoms with Gasteiger partial charge >= 0.3 is 6.03 Å². The number of likely N-dealkylation sites (N-methyl/N-ethyl adjacent to an activating group) is 2. The zero-order valence-electron chi connectivity index (χ0n) is 9.86. The molecule has 1 aromatic carbocycles. The first-order chi connectivity index (χ1) is 7.74. The van der Waals surface area contributed by atoms with Crippen LogP contribution in [0, 0.1) is 0 Å². The highest BCUT2D eigenvalue weighted by molar-refractivity contribution is 5.73. The summed E-state index contributed by atoms with van der Waals surface area (Å²) in [6.45, 7) is 2.08. The first kappa shape index (κ1) is 12.5. The Labute approximate surface area is 96.6 Å². The van der Waals surface area contributed by atoms with Crippen molar-refractivity contribution in [3.05, 3.63) is 35.9 Å². The van der Waals surface area contributed by atoms with Gasteiger partial charge in [0.25, 0.3) is 0 Å². The number of nitrogens with zero attached hydrogens (tertiary/aromatic N) is 1. The topological polar surface area (TPSA) is 44.4 Å². The Bertz CT molecular complexity index is 313. The van der Waals surface area contributed by atoms with Crippen molar-refractivity contribution in [3.8, 4) is 0 Å². The lowest BCUT2D eigenvalue weighted by molar-refractivity contribution is 0.209. The van der Waals surface area contributed by atoms with Crippen LogP contribution in [0.25, 0.3) is 0 Å². The molecule has 0 atom stereocenters. The Morgan fingerprint density at radius 2 is 2.00 bits per heavy atom. The van der Waals surface area contributed by atoms with Crippen LogP contribution in [0.15, 0.2) is 30.3 Å². The van der Waals surface area contributed by atoms with E-state index >= 15 is 0 Å². The van der Waals surface area contributed by atoms with Gasteiger partial charge in [0.1, 0.15) is 0 Å². The third kappa shape index (κ3) is 4.31. The Balaban J connectivity index is 2.29. The van der Waals surface area contributed by atoms with Crippen molar-refractivity contribution in [2.24, 2.45) is 0 Å². The van der Waals surface area contributed by atoms with Crippen LogP contribution in [0.2, 0.25) is 0 Å². The molecule has 0 saturated carbocycles. The van der Waals surface area contributed by atoms with E-state index in [1.807, 2.05) is 37.4 Å². The first-order valence-electron chi connectivity index (χ1n) is 5.41. The fourth-order valence-corrected chi connectivity index (χ4v) is 1.29. The summed E-state index contributed by atoms with van der Waals surface area (Å²) in [7, 11) is 3.66. The van der Waals surface area contributed by atoms with Crippen molar-refractivity contribution in [2.75, 3.05) is 27.2 Å². The minimum atomic E-state index is -0.0425. The minimum absolute atomic E-state index is 0.0425. The van der Waals surface area contributed by atoms with E-state index in [-0.39, 0.29) is 6.03 Å². The number of amides is 2. The average molecular weight is 221 g/mol. The molecule has 2 amide bonds. The van der Waals surface area contributed by atoms with Crippen molar-refractivity contribution in [2.45, 2.75) is 6.54 Å². The molecule has 4 heteroatoms. The van der Waals surface area contributed by atoms with Gasteiger partial charge in [-0.05, 0) is 12.6 Å². The van der Waals surface area contributed by atoms with Crippen LogP contribution in [0.5, 0.6) is 0 Å². The van der Waals surface area contributed by atoms with Gasteiger partial charge in [0.15, 0.2) is 0 Å². The molecule has 0 aliphatic carbocycles. The highest BCUT2D eigenvalue weighted by Gasteiger charge is 2.06. The lowest BCUT2D eigenvalue weighted by Crippen LogP contribution is -2.39. The van der Waals surface area contributed by atoms with Crippen LogP contribution in [0.3, 0.4) is 0 Å². The summed E-state index contributed by atoms with van der Waals surface area (Å²) >= 11 is 0. The van der Waals surface area contributed by atoms with E-state index in [0.29, 0.717) is 13.1 Å². The predicted molar refractivity (Wildman–Crippen MR) is 65.2 cm³/mol. The SMILES string of the molecule is CNCCN(C)C(=O)NCc1ccccc1. The van der Waals surface area contributed by atoms with Crippen LogP contribution >= 0.6 is 0 Å². The second-order valence-electron chi connectivity index (χ2n) is 3.67. The van der Waals surface area contributed by atoms with Gasteiger partial charge in [-0.3, -0.25) is 0 Å². The molecule has 1 rings (SSSR count). The number of nitrogens with one attached hydrogen (secondary N) is 2. The van der Waals surface area contributed by atoms with Crippen molar-refractivity contribution in [1.29, 1.82) is 0 Å². The Hall–Kier alpha value is -1.55. The molecule has 0 aliphatic rings. The van der Waals surface area contributed by atoms with Gasteiger partial charge in [-0.2, -0.15) is 0 Å². The van der Waals surface area contributed by atoms with Crippen LogP contribution < -0.4 is 10.6 Å². The van der Waals surface area contributed by atoms with Gasteiger partial charge in [0.05, 0.1) is 0 Å². The highest BCUT2D eigenvalue weighted by atomic mass is 16.2. The molecule has 88 valence electrons. The minimum Gasteiger partial charge on any atom is -0.334 e. The van der Waals surface area contributed by atoms with E-state index in [9.17, 15) is 4.79 Å². The number of rotatable bonds is 5. The standard InChI is InChI=1S/C12H19N3O/c1-13-8-9-15(2)12(16)14-10-11-6-4-3-5-7-11/h3-7,13H,8-10H2,1-2H3,(H,14,16). The molecule has 0 aliphatic heterocycles. The molecular weight excluding hydrogens is 202 g/mol. The average Bonchev–Trinajstić information content (AvgIpc) is 2.34. The van der Waals surface area contributed by atoms with E-state index in [2.05, 4.69) is 10.6 Å². The van der Waals surface area contributed by atoms with E-state index in [0.717, 1.165) is 12.1 Å². The number of benzene rings is 1. The third-order valence-corrected chi connectivity index (χ3v) is 2.33. The maximum Gasteiger partial charge on any atom is 0.317 e. The Kier molecular flexibility index (Phi) is 5.36. The largest absolute Gasteiger partial charge is 0.334 e. The smallest absolute Gasteiger partial charge is 0.317 e. The third-order valence-electron chi connectivity index (χ3n) is 2.33. The summed E-state index contributed by atoms with van der Waals surface area (Å²) in [5.41, 5.74) is 1.11. The second kappa shape index (κ2) is 6.85. The van der Waals surface area contributed by atoms with Gasteiger partial charge in [0, 0.05) is 26.7 Å². The molecule has 4 nitrogen and oxygen atoms in total. The molecule has 16 heavy (non-hydrogen) atoms. The quantitative estimate of drug-likeness (QED) is 0.780. The summed E-state index contributed by atoms with van der Waals surface area (Å²) < 4.78 is 0. The van der Waals surface area contributed by atoms with Crippen molar-refractivity contribution in [3.63, 3.8) is 0 Å². The first-order valence-corrected chi connectivity index (χ1v) is 5.41. The summed E-state index contributed by atoms with van der Waals surface area (Å²) in [5, 5.41) is 5.87. The van der Waals surface area contributed by atoms with Crippen LogP contribution in [-0.2, 0) is 6.54 Å². The molecule has 1 aromatic rings. The number of urea groups is 1. The molecule has 0 spiro atoms. The van der Waals surface area contributed by atoms with E-state index in [1.54, 1.807) is 11.9 Å². The predicted octanol–water partition coefficient (Wildman–Crippen LogP) is 1.05. The number of carbonyl (C=O) groups is 1. The monoisotopic (exact) mass is 221 g/mol. The lowest BCUT2D eigenvalue weighted by atomic mass is 10.2. The molecule has 0 radical (unpaired) electrons. The molecule has 0 unspecified atom stereocenters. The highest BCUT2D eigenvalue weighted by Crippen LogP contribution is 1.97. The number of hydrogen-bond donors (Lipinski definition) is 2. The van der Waals surface area contributed by atoms with Gasteiger partial charge in [0.2, 0.25) is 0 Å². The van der Waals surface area contributed by atoms with Gasteiger partial charge < -0.3 is 15.5 Å². The molecule has 2 N–H and O–H groups in total. The van der Waals surface area contributed by atoms with Gasteiger partial charge in [-0.25, -0.2) is 4.79 Å². The molecule has 0 saturated heterocycles. The molecule has 0 heterocycles. The maximum atomic E-state index is 11.6. The van der Waals surface area contributed by atoms with Gasteiger partial charge in [-0.15, -0.1) is 0 Å². The Morgan fingerprint density at radius 1 is 1.31 bits per heavy atom.